The van der Waals surface area contributed by atoms with E-state index in [9.17, 15) is 4.79 Å². The van der Waals surface area contributed by atoms with E-state index in [0.717, 1.165) is 17.7 Å². The van der Waals surface area contributed by atoms with Crippen molar-refractivity contribution < 1.29 is 9.53 Å². The summed E-state index contributed by atoms with van der Waals surface area (Å²) < 4.78 is 5.28. The van der Waals surface area contributed by atoms with Crippen LogP contribution in [0.5, 0.6) is 5.75 Å². The number of hydrogen-bond acceptors (Lipinski definition) is 2. The normalized spacial score (nSPS) is 31.3. The van der Waals surface area contributed by atoms with Gasteiger partial charge in [-0.15, -0.1) is 0 Å². The Labute approximate surface area is 152 Å². The molecule has 0 radical (unpaired) electrons. The van der Waals surface area contributed by atoms with Crippen molar-refractivity contribution in [1.82, 2.24) is 0 Å². The number of carbonyl (C=O) groups excluding carboxylic acids is 1. The molecule has 2 fully saturated rings. The number of methoxy groups -OCH3 is 1. The van der Waals surface area contributed by atoms with Crippen molar-refractivity contribution in [2.75, 3.05) is 7.11 Å². The maximum atomic E-state index is 13.0. The van der Waals surface area contributed by atoms with Gasteiger partial charge in [-0.05, 0) is 60.5 Å². The Balaban J connectivity index is 1.86. The van der Waals surface area contributed by atoms with Crippen LogP contribution in [-0.2, 0) is 0 Å². The van der Waals surface area contributed by atoms with Crippen molar-refractivity contribution in [3.05, 3.63) is 42.0 Å². The molecule has 0 N–H and O–H groups in total. The van der Waals surface area contributed by atoms with E-state index >= 15 is 0 Å². The summed E-state index contributed by atoms with van der Waals surface area (Å²) in [5.41, 5.74) is 2.61. The largest absolute Gasteiger partial charge is 0.497 e. The molecule has 1 aromatic carbocycles. The molecule has 25 heavy (non-hydrogen) atoms. The van der Waals surface area contributed by atoms with Gasteiger partial charge in [0.05, 0.1) is 7.11 Å². The Kier molecular flexibility index (Phi) is 4.83. The van der Waals surface area contributed by atoms with Crippen LogP contribution in [0.3, 0.4) is 0 Å². The molecular formula is C23H32O2. The topological polar surface area (TPSA) is 26.3 Å². The number of carbonyl (C=O) groups is 1. The maximum absolute atomic E-state index is 13.0. The van der Waals surface area contributed by atoms with Gasteiger partial charge >= 0.3 is 0 Å². The molecule has 0 amide bonds. The van der Waals surface area contributed by atoms with Crippen LogP contribution in [0.4, 0.5) is 0 Å². The lowest BCUT2D eigenvalue weighted by Gasteiger charge is -2.58. The number of Topliss-reactive ketones (excluding diaryl/α,β-unsaturated/α-hetero) is 1. The lowest BCUT2D eigenvalue weighted by molar-refractivity contribution is -0.0519. The summed E-state index contributed by atoms with van der Waals surface area (Å²) in [5, 5.41) is 0. The Hall–Kier alpha value is -1.57. The van der Waals surface area contributed by atoms with Crippen LogP contribution in [0.1, 0.15) is 69.7 Å². The van der Waals surface area contributed by atoms with Crippen molar-refractivity contribution in [2.24, 2.45) is 22.7 Å². The van der Waals surface area contributed by atoms with Crippen LogP contribution >= 0.6 is 0 Å². The standard InChI is InChI=1S/C23H32O2/c1-16-10-11-21-22(2,3)12-7-13-23(21,4)19(16)15-20(24)17-8-6-9-18(14-17)25-5/h6,8-9,14,19,21H,1,7,10-13,15H2,2-5H3/t19-,21-,23+/m0/s1. The van der Waals surface area contributed by atoms with Crippen LogP contribution in [0.2, 0.25) is 0 Å². The molecule has 2 aliphatic carbocycles. The number of benzene rings is 1. The lowest BCUT2D eigenvalue weighted by Crippen LogP contribution is -2.49. The average molecular weight is 341 g/mol. The van der Waals surface area contributed by atoms with Gasteiger partial charge in [-0.1, -0.05) is 51.5 Å². The Morgan fingerprint density at radius 2 is 2.04 bits per heavy atom. The van der Waals surface area contributed by atoms with Crippen LogP contribution in [0.15, 0.2) is 36.4 Å². The molecule has 2 aliphatic rings. The van der Waals surface area contributed by atoms with Gasteiger partial charge in [0, 0.05) is 12.0 Å². The zero-order valence-electron chi connectivity index (χ0n) is 16.2. The average Bonchev–Trinajstić information content (AvgIpc) is 2.57. The molecule has 3 rings (SSSR count). The minimum atomic E-state index is 0.200. The third-order valence-electron chi connectivity index (χ3n) is 7.10. The Bertz CT molecular complexity index is 672. The first kappa shape index (κ1) is 18.2. The summed E-state index contributed by atoms with van der Waals surface area (Å²) >= 11 is 0. The third kappa shape index (κ3) is 3.28. The van der Waals surface area contributed by atoms with Crippen LogP contribution in [0.25, 0.3) is 0 Å². The summed E-state index contributed by atoms with van der Waals surface area (Å²) in [6.45, 7) is 11.6. The van der Waals surface area contributed by atoms with E-state index in [1.807, 2.05) is 24.3 Å². The molecule has 2 saturated carbocycles. The molecular weight excluding hydrogens is 308 g/mol. The maximum Gasteiger partial charge on any atom is 0.163 e. The fourth-order valence-electron chi connectivity index (χ4n) is 5.75. The van der Waals surface area contributed by atoms with Gasteiger partial charge in [-0.2, -0.15) is 0 Å². The number of allylic oxidation sites excluding steroid dienone is 1. The number of rotatable bonds is 4. The second-order valence-electron chi connectivity index (χ2n) is 9.01. The van der Waals surface area contributed by atoms with E-state index in [1.54, 1.807) is 7.11 Å². The van der Waals surface area contributed by atoms with Gasteiger partial charge in [0.1, 0.15) is 5.75 Å². The minimum absolute atomic E-state index is 0.200. The number of hydrogen-bond donors (Lipinski definition) is 0. The van der Waals surface area contributed by atoms with Gasteiger partial charge < -0.3 is 4.74 Å². The second-order valence-corrected chi connectivity index (χ2v) is 9.01. The number of fused-ring (bicyclic) bond motifs is 1. The molecule has 0 aromatic heterocycles. The summed E-state index contributed by atoms with van der Waals surface area (Å²) in [6, 6.07) is 7.55. The van der Waals surface area contributed by atoms with Crippen LogP contribution < -0.4 is 4.74 Å². The molecule has 136 valence electrons. The van der Waals surface area contributed by atoms with E-state index in [-0.39, 0.29) is 11.2 Å². The van der Waals surface area contributed by atoms with Crippen molar-refractivity contribution in [2.45, 2.75) is 59.3 Å². The highest BCUT2D eigenvalue weighted by Gasteiger charge is 2.53. The minimum Gasteiger partial charge on any atom is -0.497 e. The second kappa shape index (κ2) is 6.63. The molecule has 2 nitrogen and oxygen atoms in total. The van der Waals surface area contributed by atoms with Gasteiger partial charge in [0.15, 0.2) is 5.78 Å². The van der Waals surface area contributed by atoms with Crippen molar-refractivity contribution in [3.8, 4) is 5.75 Å². The van der Waals surface area contributed by atoms with Crippen molar-refractivity contribution in [1.29, 1.82) is 0 Å². The molecule has 0 spiro atoms. The predicted molar refractivity (Wildman–Crippen MR) is 103 cm³/mol. The van der Waals surface area contributed by atoms with E-state index in [1.165, 1.54) is 31.3 Å². The van der Waals surface area contributed by atoms with E-state index in [4.69, 9.17) is 4.74 Å². The third-order valence-corrected chi connectivity index (χ3v) is 7.10. The molecule has 1 aromatic rings. The first-order valence-corrected chi connectivity index (χ1v) is 9.63. The monoisotopic (exact) mass is 340 g/mol. The molecule has 0 aliphatic heterocycles. The summed E-state index contributed by atoms with van der Waals surface area (Å²) in [6.07, 6.45) is 6.66. The van der Waals surface area contributed by atoms with Gasteiger partial charge in [-0.25, -0.2) is 0 Å². The molecule has 0 heterocycles. The van der Waals surface area contributed by atoms with Gasteiger partial charge in [-0.3, -0.25) is 4.79 Å². The Morgan fingerprint density at radius 1 is 1.28 bits per heavy atom. The zero-order chi connectivity index (χ0) is 18.2. The molecule has 0 bridgehead atoms. The smallest absolute Gasteiger partial charge is 0.163 e. The molecule has 2 heteroatoms. The highest BCUT2D eigenvalue weighted by molar-refractivity contribution is 5.96. The van der Waals surface area contributed by atoms with Crippen molar-refractivity contribution in [3.63, 3.8) is 0 Å². The van der Waals surface area contributed by atoms with Crippen LogP contribution in [0, 0.1) is 22.7 Å². The summed E-state index contributed by atoms with van der Waals surface area (Å²) in [7, 11) is 1.64. The summed E-state index contributed by atoms with van der Waals surface area (Å²) in [5.74, 6) is 1.94. The van der Waals surface area contributed by atoms with Crippen LogP contribution in [-0.4, -0.2) is 12.9 Å². The molecule has 0 unspecified atom stereocenters. The first-order valence-electron chi connectivity index (χ1n) is 9.63. The fourth-order valence-corrected chi connectivity index (χ4v) is 5.75. The molecule has 0 saturated heterocycles. The Morgan fingerprint density at radius 3 is 2.76 bits per heavy atom. The van der Waals surface area contributed by atoms with E-state index in [2.05, 4.69) is 27.4 Å². The quantitative estimate of drug-likeness (QED) is 0.491. The fraction of sp³-hybridized carbons (Fsp3) is 0.609. The SMILES string of the molecule is C=C1CC[C@H]2C(C)(C)CCC[C@]2(C)[C@H]1CC(=O)c1cccc(OC)c1. The van der Waals surface area contributed by atoms with Crippen molar-refractivity contribution >= 4 is 5.78 Å². The van der Waals surface area contributed by atoms with E-state index in [0.29, 0.717) is 23.7 Å². The summed E-state index contributed by atoms with van der Waals surface area (Å²) in [4.78, 5) is 13.0. The van der Waals surface area contributed by atoms with Gasteiger partial charge in [0.2, 0.25) is 0 Å². The zero-order valence-corrected chi connectivity index (χ0v) is 16.2. The van der Waals surface area contributed by atoms with E-state index < -0.39 is 0 Å². The predicted octanol–water partition coefficient (Wildman–Crippen LogP) is 6.07. The first-order chi connectivity index (χ1) is 11.8. The number of ketones is 1. The lowest BCUT2D eigenvalue weighted by atomic mass is 9.47. The molecule has 3 atom stereocenters. The number of ether oxygens (including phenoxy) is 1. The highest BCUT2D eigenvalue weighted by atomic mass is 16.5. The highest BCUT2D eigenvalue weighted by Crippen LogP contribution is 2.61. The van der Waals surface area contributed by atoms with Gasteiger partial charge in [0.25, 0.3) is 0 Å².